The quantitative estimate of drug-likeness (QED) is 0.931. The molecule has 1 N–H and O–H groups in total. The molecule has 0 radical (unpaired) electrons. The van der Waals surface area contributed by atoms with Crippen LogP contribution in [0.5, 0.6) is 0 Å². The molecule has 0 saturated heterocycles. The highest BCUT2D eigenvalue weighted by atomic mass is 35.5. The Hall–Kier alpha value is -0.970. The SMILES string of the molecule is Cc1nc(CC(O)c2ccncc2Cl)sc1C. The lowest BCUT2D eigenvalue weighted by Gasteiger charge is -2.10. The summed E-state index contributed by atoms with van der Waals surface area (Å²) in [6, 6.07) is 1.74. The van der Waals surface area contributed by atoms with Gasteiger partial charge in [-0.15, -0.1) is 11.3 Å². The summed E-state index contributed by atoms with van der Waals surface area (Å²) in [7, 11) is 0. The molecule has 1 atom stereocenters. The van der Waals surface area contributed by atoms with Gasteiger partial charge in [0.25, 0.3) is 0 Å². The van der Waals surface area contributed by atoms with Crippen LogP contribution in [0.3, 0.4) is 0 Å². The summed E-state index contributed by atoms with van der Waals surface area (Å²) in [6.45, 7) is 4.00. The van der Waals surface area contributed by atoms with Gasteiger partial charge in [-0.05, 0) is 19.9 Å². The smallest absolute Gasteiger partial charge is 0.0960 e. The topological polar surface area (TPSA) is 46.0 Å². The minimum atomic E-state index is -0.629. The van der Waals surface area contributed by atoms with Gasteiger partial charge in [0, 0.05) is 29.3 Å². The molecule has 2 heterocycles. The first-order valence-corrected chi connectivity index (χ1v) is 6.47. The second-order valence-corrected chi connectivity index (χ2v) is 5.56. The molecule has 3 nitrogen and oxygen atoms in total. The molecule has 0 fully saturated rings. The van der Waals surface area contributed by atoms with Gasteiger partial charge in [-0.3, -0.25) is 4.98 Å². The van der Waals surface area contributed by atoms with Crippen LogP contribution in [0, 0.1) is 13.8 Å². The molecule has 2 rings (SSSR count). The average molecular weight is 269 g/mol. The third-order valence-electron chi connectivity index (χ3n) is 2.60. The number of halogens is 1. The van der Waals surface area contributed by atoms with Crippen LogP contribution in [-0.2, 0) is 6.42 Å². The van der Waals surface area contributed by atoms with Gasteiger partial charge >= 0.3 is 0 Å². The number of pyridine rings is 1. The summed E-state index contributed by atoms with van der Waals surface area (Å²) in [5.74, 6) is 0. The van der Waals surface area contributed by atoms with Gasteiger partial charge in [-0.25, -0.2) is 4.98 Å². The number of hydrogen-bond donors (Lipinski definition) is 1. The van der Waals surface area contributed by atoms with Crippen molar-refractivity contribution in [2.75, 3.05) is 0 Å². The number of nitrogens with zero attached hydrogens (tertiary/aromatic N) is 2. The molecule has 0 spiro atoms. The van der Waals surface area contributed by atoms with Crippen molar-refractivity contribution in [3.05, 3.63) is 44.6 Å². The zero-order valence-corrected chi connectivity index (χ0v) is 11.2. The number of thiazole rings is 1. The van der Waals surface area contributed by atoms with Gasteiger partial charge in [-0.1, -0.05) is 11.6 Å². The van der Waals surface area contributed by atoms with E-state index in [4.69, 9.17) is 11.6 Å². The number of aromatic nitrogens is 2. The lowest BCUT2D eigenvalue weighted by Crippen LogP contribution is -2.02. The number of aliphatic hydroxyl groups excluding tert-OH is 1. The fourth-order valence-electron chi connectivity index (χ4n) is 1.56. The molecule has 0 aliphatic heterocycles. The van der Waals surface area contributed by atoms with Crippen LogP contribution in [0.25, 0.3) is 0 Å². The maximum absolute atomic E-state index is 10.1. The van der Waals surface area contributed by atoms with Crippen molar-refractivity contribution in [2.45, 2.75) is 26.4 Å². The minimum Gasteiger partial charge on any atom is -0.388 e. The highest BCUT2D eigenvalue weighted by molar-refractivity contribution is 7.11. The van der Waals surface area contributed by atoms with Crippen LogP contribution < -0.4 is 0 Å². The molecular weight excluding hydrogens is 256 g/mol. The van der Waals surface area contributed by atoms with Gasteiger partial charge in [0.05, 0.1) is 21.8 Å². The molecule has 1 unspecified atom stereocenters. The summed E-state index contributed by atoms with van der Waals surface area (Å²) in [5.41, 5.74) is 1.73. The van der Waals surface area contributed by atoms with Gasteiger partial charge in [-0.2, -0.15) is 0 Å². The van der Waals surface area contributed by atoms with Crippen LogP contribution in [0.15, 0.2) is 18.5 Å². The molecule has 2 aromatic rings. The summed E-state index contributed by atoms with van der Waals surface area (Å²) in [4.78, 5) is 9.49. The monoisotopic (exact) mass is 268 g/mol. The lowest BCUT2D eigenvalue weighted by atomic mass is 10.1. The van der Waals surface area contributed by atoms with Crippen molar-refractivity contribution in [3.8, 4) is 0 Å². The first-order valence-electron chi connectivity index (χ1n) is 5.28. The Bertz CT molecular complexity index is 507. The predicted molar refractivity (Wildman–Crippen MR) is 69.5 cm³/mol. The minimum absolute atomic E-state index is 0.489. The Balaban J connectivity index is 2.17. The van der Waals surface area contributed by atoms with Crippen molar-refractivity contribution in [1.29, 1.82) is 0 Å². The van der Waals surface area contributed by atoms with Crippen LogP contribution in [0.2, 0.25) is 5.02 Å². The Morgan fingerprint density at radius 1 is 1.47 bits per heavy atom. The second kappa shape index (κ2) is 5.12. The molecule has 90 valence electrons. The first kappa shape index (κ1) is 12.5. The summed E-state index contributed by atoms with van der Waals surface area (Å²) < 4.78 is 0. The Kier molecular flexibility index (Phi) is 3.76. The summed E-state index contributed by atoms with van der Waals surface area (Å²) in [6.07, 6.45) is 3.03. The molecular formula is C12H13ClN2OS. The summed E-state index contributed by atoms with van der Waals surface area (Å²) in [5, 5.41) is 11.5. The maximum atomic E-state index is 10.1. The Morgan fingerprint density at radius 2 is 2.24 bits per heavy atom. The van der Waals surface area contributed by atoms with E-state index >= 15 is 0 Å². The Labute approximate surface area is 109 Å². The van der Waals surface area contributed by atoms with E-state index in [1.54, 1.807) is 29.8 Å². The van der Waals surface area contributed by atoms with E-state index in [0.717, 1.165) is 10.7 Å². The Morgan fingerprint density at radius 3 is 2.82 bits per heavy atom. The third-order valence-corrected chi connectivity index (χ3v) is 4.01. The standard InChI is InChI=1S/C12H13ClN2OS/c1-7-8(2)17-12(15-7)5-11(16)9-3-4-14-6-10(9)13/h3-4,6,11,16H,5H2,1-2H3. The van der Waals surface area contributed by atoms with Crippen LogP contribution in [0.1, 0.15) is 27.2 Å². The van der Waals surface area contributed by atoms with E-state index in [1.165, 1.54) is 4.88 Å². The fraction of sp³-hybridized carbons (Fsp3) is 0.333. The molecule has 0 bridgehead atoms. The highest BCUT2D eigenvalue weighted by Gasteiger charge is 2.14. The van der Waals surface area contributed by atoms with E-state index < -0.39 is 6.10 Å². The zero-order chi connectivity index (χ0) is 12.4. The molecule has 5 heteroatoms. The molecule has 0 saturated carbocycles. The molecule has 2 aromatic heterocycles. The van der Waals surface area contributed by atoms with Gasteiger partial charge in [0.15, 0.2) is 0 Å². The third kappa shape index (κ3) is 2.83. The molecule has 0 aromatic carbocycles. The average Bonchev–Trinajstić information content (AvgIpc) is 2.58. The lowest BCUT2D eigenvalue weighted by molar-refractivity contribution is 0.178. The largest absolute Gasteiger partial charge is 0.388 e. The summed E-state index contributed by atoms with van der Waals surface area (Å²) >= 11 is 7.60. The number of aliphatic hydroxyl groups is 1. The molecule has 0 amide bonds. The highest BCUT2D eigenvalue weighted by Crippen LogP contribution is 2.27. The predicted octanol–water partition coefficient (Wildman–Crippen LogP) is 3.08. The maximum Gasteiger partial charge on any atom is 0.0960 e. The van der Waals surface area contributed by atoms with Crippen LogP contribution >= 0.6 is 22.9 Å². The van der Waals surface area contributed by atoms with Gasteiger partial charge in [0.1, 0.15) is 0 Å². The van der Waals surface area contributed by atoms with Crippen LogP contribution in [0.4, 0.5) is 0 Å². The molecule has 17 heavy (non-hydrogen) atoms. The zero-order valence-electron chi connectivity index (χ0n) is 9.64. The van der Waals surface area contributed by atoms with Crippen molar-refractivity contribution in [2.24, 2.45) is 0 Å². The number of aryl methyl sites for hydroxylation is 2. The van der Waals surface area contributed by atoms with Gasteiger partial charge < -0.3 is 5.11 Å². The number of hydrogen-bond acceptors (Lipinski definition) is 4. The molecule has 0 aliphatic rings. The second-order valence-electron chi connectivity index (χ2n) is 3.87. The normalized spacial score (nSPS) is 12.7. The van der Waals surface area contributed by atoms with E-state index in [9.17, 15) is 5.11 Å². The van der Waals surface area contributed by atoms with Crippen molar-refractivity contribution in [1.82, 2.24) is 9.97 Å². The fourth-order valence-corrected chi connectivity index (χ4v) is 2.77. The van der Waals surface area contributed by atoms with Crippen molar-refractivity contribution in [3.63, 3.8) is 0 Å². The van der Waals surface area contributed by atoms with E-state index in [-0.39, 0.29) is 0 Å². The molecule has 0 aliphatic carbocycles. The van der Waals surface area contributed by atoms with E-state index in [0.29, 0.717) is 17.0 Å². The van der Waals surface area contributed by atoms with Crippen molar-refractivity contribution < 1.29 is 5.11 Å². The van der Waals surface area contributed by atoms with Crippen molar-refractivity contribution >= 4 is 22.9 Å². The first-order chi connectivity index (χ1) is 8.08. The van der Waals surface area contributed by atoms with Gasteiger partial charge in [0.2, 0.25) is 0 Å². The van der Waals surface area contributed by atoms with E-state index in [1.807, 2.05) is 13.8 Å². The number of rotatable bonds is 3. The van der Waals surface area contributed by atoms with E-state index in [2.05, 4.69) is 9.97 Å². The van der Waals surface area contributed by atoms with Crippen LogP contribution in [-0.4, -0.2) is 15.1 Å².